The fraction of sp³-hybridized carbons (Fsp3) is 0.154. The SMILES string of the molecule is N#CCCN(c1ccccc1)c1cc(Cl)nnc1Cl. The molecule has 0 atom stereocenters. The molecule has 1 aromatic carbocycles. The zero-order chi connectivity index (χ0) is 13.7. The Morgan fingerprint density at radius 1 is 1.16 bits per heavy atom. The number of anilines is 2. The van der Waals surface area contributed by atoms with Gasteiger partial charge >= 0.3 is 0 Å². The predicted molar refractivity (Wildman–Crippen MR) is 75.7 cm³/mol. The molecule has 0 amide bonds. The van der Waals surface area contributed by atoms with Gasteiger partial charge in [0.2, 0.25) is 0 Å². The number of aromatic nitrogens is 2. The summed E-state index contributed by atoms with van der Waals surface area (Å²) in [5.41, 5.74) is 1.56. The highest BCUT2D eigenvalue weighted by atomic mass is 35.5. The Kier molecular flexibility index (Phi) is 4.56. The van der Waals surface area contributed by atoms with Gasteiger partial charge in [-0.05, 0) is 12.1 Å². The lowest BCUT2D eigenvalue weighted by Crippen LogP contribution is -2.19. The summed E-state index contributed by atoms with van der Waals surface area (Å²) in [6.45, 7) is 0.502. The highest BCUT2D eigenvalue weighted by molar-refractivity contribution is 6.33. The summed E-state index contributed by atoms with van der Waals surface area (Å²) in [4.78, 5) is 1.89. The van der Waals surface area contributed by atoms with Crippen LogP contribution in [0.2, 0.25) is 10.3 Å². The molecule has 0 aliphatic carbocycles. The highest BCUT2D eigenvalue weighted by Crippen LogP contribution is 2.31. The average molecular weight is 293 g/mol. The van der Waals surface area contributed by atoms with Gasteiger partial charge in [0.25, 0.3) is 0 Å². The van der Waals surface area contributed by atoms with E-state index in [1.54, 1.807) is 6.07 Å². The molecule has 0 bridgehead atoms. The van der Waals surface area contributed by atoms with Gasteiger partial charge in [-0.15, -0.1) is 10.2 Å². The van der Waals surface area contributed by atoms with E-state index in [0.717, 1.165) is 5.69 Å². The maximum atomic E-state index is 8.77. The summed E-state index contributed by atoms with van der Waals surface area (Å²) in [5, 5.41) is 16.8. The first kappa shape index (κ1) is 13.6. The van der Waals surface area contributed by atoms with E-state index >= 15 is 0 Å². The monoisotopic (exact) mass is 292 g/mol. The zero-order valence-corrected chi connectivity index (χ0v) is 11.4. The lowest BCUT2D eigenvalue weighted by atomic mass is 10.2. The van der Waals surface area contributed by atoms with Crippen molar-refractivity contribution in [2.75, 3.05) is 11.4 Å². The first-order valence-electron chi connectivity index (χ1n) is 5.60. The van der Waals surface area contributed by atoms with Crippen LogP contribution in [0.4, 0.5) is 11.4 Å². The van der Waals surface area contributed by atoms with E-state index in [1.165, 1.54) is 0 Å². The first-order valence-corrected chi connectivity index (χ1v) is 6.36. The second-order valence-corrected chi connectivity index (χ2v) is 4.48. The minimum absolute atomic E-state index is 0.256. The fourth-order valence-electron chi connectivity index (χ4n) is 1.69. The van der Waals surface area contributed by atoms with Crippen molar-refractivity contribution >= 4 is 34.6 Å². The molecule has 2 rings (SSSR count). The van der Waals surface area contributed by atoms with Crippen molar-refractivity contribution in [3.05, 3.63) is 46.7 Å². The maximum absolute atomic E-state index is 8.77. The molecule has 4 nitrogen and oxygen atoms in total. The summed E-state index contributed by atoms with van der Waals surface area (Å²) < 4.78 is 0. The van der Waals surface area contributed by atoms with Crippen molar-refractivity contribution < 1.29 is 0 Å². The van der Waals surface area contributed by atoms with Gasteiger partial charge in [-0.25, -0.2) is 0 Å². The van der Waals surface area contributed by atoms with E-state index in [2.05, 4.69) is 16.3 Å². The second-order valence-electron chi connectivity index (χ2n) is 3.74. The smallest absolute Gasteiger partial charge is 0.175 e. The molecule has 0 radical (unpaired) electrons. The maximum Gasteiger partial charge on any atom is 0.175 e. The Balaban J connectivity index is 2.43. The van der Waals surface area contributed by atoms with Crippen molar-refractivity contribution in [3.63, 3.8) is 0 Å². The molecule has 0 fully saturated rings. The van der Waals surface area contributed by atoms with Crippen molar-refractivity contribution in [1.82, 2.24) is 10.2 Å². The summed E-state index contributed by atoms with van der Waals surface area (Å²) in [7, 11) is 0. The Morgan fingerprint density at radius 2 is 1.89 bits per heavy atom. The van der Waals surface area contributed by atoms with Gasteiger partial charge < -0.3 is 4.90 Å². The van der Waals surface area contributed by atoms with E-state index in [9.17, 15) is 0 Å². The minimum Gasteiger partial charge on any atom is -0.338 e. The highest BCUT2D eigenvalue weighted by Gasteiger charge is 2.14. The van der Waals surface area contributed by atoms with Crippen LogP contribution in [0.5, 0.6) is 0 Å². The van der Waals surface area contributed by atoms with E-state index < -0.39 is 0 Å². The van der Waals surface area contributed by atoms with Gasteiger partial charge in [0, 0.05) is 18.3 Å². The third-order valence-corrected chi connectivity index (χ3v) is 2.96. The Hall–Kier alpha value is -1.83. The summed E-state index contributed by atoms with van der Waals surface area (Å²) >= 11 is 11.9. The number of halogens is 2. The standard InChI is InChI=1S/C13H10Cl2N4/c14-12-9-11(13(15)18-17-12)19(8-4-7-16)10-5-2-1-3-6-10/h1-3,5-6,9H,4,8H2. The molecule has 2 aromatic rings. The normalized spacial score (nSPS) is 9.95. The number of hydrogen-bond acceptors (Lipinski definition) is 4. The van der Waals surface area contributed by atoms with Crippen molar-refractivity contribution in [1.29, 1.82) is 5.26 Å². The zero-order valence-electron chi connectivity index (χ0n) is 9.92. The van der Waals surface area contributed by atoms with E-state index in [0.29, 0.717) is 18.7 Å². The topological polar surface area (TPSA) is 52.8 Å². The lowest BCUT2D eigenvalue weighted by molar-refractivity contribution is 0.928. The van der Waals surface area contributed by atoms with Crippen molar-refractivity contribution in [2.24, 2.45) is 0 Å². The van der Waals surface area contributed by atoms with Gasteiger partial charge in [-0.2, -0.15) is 5.26 Å². The van der Waals surface area contributed by atoms with Crippen LogP contribution in [0.25, 0.3) is 0 Å². The van der Waals surface area contributed by atoms with E-state index in [1.807, 2.05) is 35.2 Å². The van der Waals surface area contributed by atoms with Crippen LogP contribution in [0.3, 0.4) is 0 Å². The molecule has 19 heavy (non-hydrogen) atoms. The Bertz CT molecular complexity index is 595. The molecule has 96 valence electrons. The molecule has 0 spiro atoms. The second kappa shape index (κ2) is 6.37. The number of nitriles is 1. The summed E-state index contributed by atoms with van der Waals surface area (Å²) in [6, 6.07) is 13.4. The van der Waals surface area contributed by atoms with Gasteiger partial charge in [0.1, 0.15) is 0 Å². The molecule has 0 unspecified atom stereocenters. The van der Waals surface area contributed by atoms with E-state index in [4.69, 9.17) is 28.5 Å². The molecular formula is C13H10Cl2N4. The number of rotatable bonds is 4. The number of hydrogen-bond donors (Lipinski definition) is 0. The van der Waals surface area contributed by atoms with Crippen LogP contribution < -0.4 is 4.90 Å². The van der Waals surface area contributed by atoms with Gasteiger partial charge in [0.05, 0.1) is 18.2 Å². The third-order valence-electron chi connectivity index (χ3n) is 2.51. The third kappa shape index (κ3) is 3.34. The number of benzene rings is 1. The largest absolute Gasteiger partial charge is 0.338 e. The quantitative estimate of drug-likeness (QED) is 0.859. The Morgan fingerprint density at radius 3 is 2.58 bits per heavy atom. The fourth-order valence-corrected chi connectivity index (χ4v) is 2.03. The van der Waals surface area contributed by atoms with Crippen LogP contribution in [0.1, 0.15) is 6.42 Å². The molecule has 1 heterocycles. The number of nitrogens with zero attached hydrogens (tertiary/aromatic N) is 4. The van der Waals surface area contributed by atoms with Gasteiger partial charge in [-0.1, -0.05) is 41.4 Å². The van der Waals surface area contributed by atoms with Crippen LogP contribution in [-0.2, 0) is 0 Å². The predicted octanol–water partition coefficient (Wildman–Crippen LogP) is 3.84. The lowest BCUT2D eigenvalue weighted by Gasteiger charge is -2.24. The molecule has 0 saturated heterocycles. The van der Waals surface area contributed by atoms with E-state index in [-0.39, 0.29) is 10.3 Å². The van der Waals surface area contributed by atoms with Gasteiger partial charge in [-0.3, -0.25) is 0 Å². The summed E-state index contributed by atoms with van der Waals surface area (Å²) in [6.07, 6.45) is 0.366. The summed E-state index contributed by atoms with van der Waals surface area (Å²) in [5.74, 6) is 0. The average Bonchev–Trinajstić information content (AvgIpc) is 2.44. The van der Waals surface area contributed by atoms with Crippen molar-refractivity contribution in [2.45, 2.75) is 6.42 Å². The van der Waals surface area contributed by atoms with Crippen LogP contribution in [0, 0.1) is 11.3 Å². The van der Waals surface area contributed by atoms with Crippen molar-refractivity contribution in [3.8, 4) is 6.07 Å². The Labute approximate surface area is 121 Å². The van der Waals surface area contributed by atoms with Crippen LogP contribution in [-0.4, -0.2) is 16.7 Å². The molecule has 0 aliphatic rings. The van der Waals surface area contributed by atoms with Crippen LogP contribution in [0.15, 0.2) is 36.4 Å². The number of para-hydroxylation sites is 1. The first-order chi connectivity index (χ1) is 9.22. The molecule has 1 aromatic heterocycles. The molecule has 0 N–H and O–H groups in total. The molecular weight excluding hydrogens is 283 g/mol. The molecule has 0 aliphatic heterocycles. The van der Waals surface area contributed by atoms with Gasteiger partial charge in [0.15, 0.2) is 10.3 Å². The molecule has 6 heteroatoms. The van der Waals surface area contributed by atoms with Crippen LogP contribution >= 0.6 is 23.2 Å². The molecule has 0 saturated carbocycles. The minimum atomic E-state index is 0.256.